The smallest absolute Gasteiger partial charge is 0.336 e. The van der Waals surface area contributed by atoms with Crippen molar-refractivity contribution in [3.8, 4) is 0 Å². The van der Waals surface area contributed by atoms with Crippen molar-refractivity contribution in [2.24, 2.45) is 0 Å². The molecule has 0 aliphatic heterocycles. The van der Waals surface area contributed by atoms with Crippen molar-refractivity contribution < 1.29 is 26.7 Å². The minimum atomic E-state index is -3.93. The van der Waals surface area contributed by atoms with Gasteiger partial charge in [-0.3, -0.25) is 0 Å². The van der Waals surface area contributed by atoms with Gasteiger partial charge in [-0.05, 0) is 24.6 Å². The molecule has 1 aromatic carbocycles. The molecule has 0 bridgehead atoms. The molecule has 0 atom stereocenters. The highest BCUT2D eigenvalue weighted by molar-refractivity contribution is 7.94. The molecule has 0 aromatic heterocycles. The van der Waals surface area contributed by atoms with E-state index in [1.165, 1.54) is 6.92 Å². The molecule has 0 fully saturated rings. The molecule has 1 aromatic rings. The van der Waals surface area contributed by atoms with E-state index in [1.807, 2.05) is 0 Å². The molecule has 9 heteroatoms. The Balaban J connectivity index is 3.36. The first-order valence-corrected chi connectivity index (χ1v) is 9.47. The average Bonchev–Trinajstić information content (AvgIpc) is 2.28. The van der Waals surface area contributed by atoms with Gasteiger partial charge >= 0.3 is 5.97 Å². The van der Waals surface area contributed by atoms with Crippen LogP contribution in [0.2, 0.25) is 5.02 Å². The molecule has 1 rings (SSSR count). The molecule has 112 valence electrons. The zero-order chi connectivity index (χ0) is 15.7. The van der Waals surface area contributed by atoms with Crippen LogP contribution in [0.1, 0.15) is 15.9 Å². The zero-order valence-corrected chi connectivity index (χ0v) is 13.1. The number of benzene rings is 1. The summed E-state index contributed by atoms with van der Waals surface area (Å²) >= 11 is 5.72. The highest BCUT2D eigenvalue weighted by Gasteiger charge is 2.23. The van der Waals surface area contributed by atoms with Crippen LogP contribution in [0.5, 0.6) is 0 Å². The Hall–Kier alpha value is -1.12. The van der Waals surface area contributed by atoms with Crippen molar-refractivity contribution in [3.05, 3.63) is 28.3 Å². The van der Waals surface area contributed by atoms with Gasteiger partial charge in [0.25, 0.3) is 0 Å². The monoisotopic (exact) mass is 340 g/mol. The fraction of sp³-hybridized carbons (Fsp3) is 0.364. The fourth-order valence-electron chi connectivity index (χ4n) is 1.57. The Labute approximate surface area is 122 Å². The van der Waals surface area contributed by atoms with Gasteiger partial charge in [-0.25, -0.2) is 21.6 Å². The number of halogens is 1. The molecule has 0 aliphatic carbocycles. The molecular formula is C11H13ClO6S2. The van der Waals surface area contributed by atoms with Crippen LogP contribution in [-0.2, 0) is 19.7 Å². The molecule has 0 spiro atoms. The van der Waals surface area contributed by atoms with Crippen LogP contribution in [-0.4, -0.2) is 45.7 Å². The lowest BCUT2D eigenvalue weighted by Crippen LogP contribution is -2.18. The van der Waals surface area contributed by atoms with E-state index in [1.54, 1.807) is 0 Å². The summed E-state index contributed by atoms with van der Waals surface area (Å²) in [4.78, 5) is 10.8. The zero-order valence-electron chi connectivity index (χ0n) is 10.8. The van der Waals surface area contributed by atoms with E-state index in [4.69, 9.17) is 16.7 Å². The predicted molar refractivity (Wildman–Crippen MR) is 74.9 cm³/mol. The van der Waals surface area contributed by atoms with Crippen LogP contribution in [0.15, 0.2) is 17.0 Å². The number of carbonyl (C=O) groups is 1. The van der Waals surface area contributed by atoms with Gasteiger partial charge < -0.3 is 5.11 Å². The summed E-state index contributed by atoms with van der Waals surface area (Å²) in [7, 11) is -7.37. The van der Waals surface area contributed by atoms with Gasteiger partial charge in [0, 0.05) is 11.3 Å². The number of carboxylic acids is 1. The Bertz CT molecular complexity index is 749. The van der Waals surface area contributed by atoms with Gasteiger partial charge in [0.1, 0.15) is 9.84 Å². The summed E-state index contributed by atoms with van der Waals surface area (Å²) in [6.07, 6.45) is 0.927. The van der Waals surface area contributed by atoms with Crippen LogP contribution in [0.4, 0.5) is 0 Å². The van der Waals surface area contributed by atoms with Gasteiger partial charge in [-0.2, -0.15) is 0 Å². The highest BCUT2D eigenvalue weighted by Crippen LogP contribution is 2.25. The predicted octanol–water partition coefficient (Wildman–Crippen LogP) is 1.16. The second-order valence-electron chi connectivity index (χ2n) is 4.33. The SMILES string of the molecule is Cc1c(C(=O)O)cc(Cl)cc1S(=O)(=O)CCS(C)(=O)=O. The summed E-state index contributed by atoms with van der Waals surface area (Å²) in [6, 6.07) is 2.27. The molecule has 0 unspecified atom stereocenters. The Kier molecular flexibility index (Phi) is 4.83. The van der Waals surface area contributed by atoms with Gasteiger partial charge in [0.2, 0.25) is 0 Å². The molecule has 0 saturated heterocycles. The summed E-state index contributed by atoms with van der Waals surface area (Å²) < 4.78 is 46.3. The Morgan fingerprint density at radius 1 is 1.20 bits per heavy atom. The summed E-state index contributed by atoms with van der Waals surface area (Å²) in [5.74, 6) is -2.46. The van der Waals surface area contributed by atoms with E-state index < -0.39 is 37.1 Å². The molecule has 0 radical (unpaired) electrons. The van der Waals surface area contributed by atoms with E-state index in [-0.39, 0.29) is 21.0 Å². The quantitative estimate of drug-likeness (QED) is 0.862. The van der Waals surface area contributed by atoms with Gasteiger partial charge in [-0.1, -0.05) is 11.6 Å². The van der Waals surface area contributed by atoms with E-state index in [0.717, 1.165) is 18.4 Å². The molecule has 0 amide bonds. The molecule has 1 N–H and O–H groups in total. The van der Waals surface area contributed by atoms with E-state index >= 15 is 0 Å². The van der Waals surface area contributed by atoms with Crippen LogP contribution < -0.4 is 0 Å². The highest BCUT2D eigenvalue weighted by atomic mass is 35.5. The largest absolute Gasteiger partial charge is 0.478 e. The number of rotatable bonds is 5. The van der Waals surface area contributed by atoms with Crippen molar-refractivity contribution >= 4 is 37.2 Å². The van der Waals surface area contributed by atoms with Crippen LogP contribution in [0.3, 0.4) is 0 Å². The number of aromatic carboxylic acids is 1. The molecule has 0 saturated carbocycles. The number of hydrogen-bond donors (Lipinski definition) is 1. The molecule has 0 aliphatic rings. The summed E-state index contributed by atoms with van der Waals surface area (Å²) in [5, 5.41) is 8.95. The molecule has 0 heterocycles. The van der Waals surface area contributed by atoms with Crippen LogP contribution in [0, 0.1) is 6.92 Å². The minimum absolute atomic E-state index is 0.0362. The van der Waals surface area contributed by atoms with Crippen molar-refractivity contribution in [1.82, 2.24) is 0 Å². The third-order valence-electron chi connectivity index (χ3n) is 2.61. The number of sulfone groups is 2. The van der Waals surface area contributed by atoms with Crippen molar-refractivity contribution in [1.29, 1.82) is 0 Å². The van der Waals surface area contributed by atoms with E-state index in [2.05, 4.69) is 0 Å². The normalized spacial score (nSPS) is 12.3. The van der Waals surface area contributed by atoms with Gasteiger partial charge in [0.05, 0.1) is 22.0 Å². The lowest BCUT2D eigenvalue weighted by Gasteiger charge is -2.10. The lowest BCUT2D eigenvalue weighted by molar-refractivity contribution is 0.0695. The summed E-state index contributed by atoms with van der Waals surface area (Å²) in [6.45, 7) is 1.34. The minimum Gasteiger partial charge on any atom is -0.478 e. The molecular weight excluding hydrogens is 328 g/mol. The third kappa shape index (κ3) is 4.19. The maximum absolute atomic E-state index is 12.1. The van der Waals surface area contributed by atoms with Gasteiger partial charge in [-0.15, -0.1) is 0 Å². The molecule has 20 heavy (non-hydrogen) atoms. The van der Waals surface area contributed by atoms with E-state index in [9.17, 15) is 21.6 Å². The first-order valence-electron chi connectivity index (χ1n) is 5.38. The van der Waals surface area contributed by atoms with Crippen LogP contribution >= 0.6 is 11.6 Å². The first kappa shape index (κ1) is 16.9. The van der Waals surface area contributed by atoms with Crippen molar-refractivity contribution in [2.45, 2.75) is 11.8 Å². The third-order valence-corrected chi connectivity index (χ3v) is 5.87. The lowest BCUT2D eigenvalue weighted by atomic mass is 10.1. The number of hydrogen-bond acceptors (Lipinski definition) is 5. The standard InChI is InChI=1S/C11H13ClO6S2/c1-7-9(11(13)14)5-8(12)6-10(7)20(17,18)4-3-19(2,15)16/h5-6H,3-4H2,1-2H3,(H,13,14). The first-order chi connectivity index (χ1) is 8.94. The topological polar surface area (TPSA) is 106 Å². The second-order valence-corrected chi connectivity index (χ2v) is 9.10. The Morgan fingerprint density at radius 3 is 2.20 bits per heavy atom. The maximum atomic E-state index is 12.1. The average molecular weight is 341 g/mol. The number of carboxylic acid groups (broad SMARTS) is 1. The molecule has 6 nitrogen and oxygen atoms in total. The maximum Gasteiger partial charge on any atom is 0.336 e. The van der Waals surface area contributed by atoms with Crippen LogP contribution in [0.25, 0.3) is 0 Å². The summed E-state index contributed by atoms with van der Waals surface area (Å²) in [5.41, 5.74) is -0.189. The van der Waals surface area contributed by atoms with Crippen molar-refractivity contribution in [2.75, 3.05) is 17.8 Å². The Morgan fingerprint density at radius 2 is 1.75 bits per heavy atom. The van der Waals surface area contributed by atoms with Crippen molar-refractivity contribution in [3.63, 3.8) is 0 Å². The van der Waals surface area contributed by atoms with E-state index in [0.29, 0.717) is 0 Å². The fourth-order valence-corrected chi connectivity index (χ4v) is 5.04. The second kappa shape index (κ2) is 5.71. The van der Waals surface area contributed by atoms with Gasteiger partial charge in [0.15, 0.2) is 9.84 Å².